The van der Waals surface area contributed by atoms with Crippen molar-refractivity contribution in [2.45, 2.75) is 39.5 Å². The van der Waals surface area contributed by atoms with E-state index in [1.165, 1.54) is 19.6 Å². The fourth-order valence-corrected chi connectivity index (χ4v) is 2.16. The Bertz CT molecular complexity index is 527. The number of hydrogen-bond donors (Lipinski definition) is 1. The molecule has 0 amide bonds. The zero-order chi connectivity index (χ0) is 15.7. The topological polar surface area (TPSA) is 46.5 Å². The van der Waals surface area contributed by atoms with E-state index >= 15 is 0 Å². The summed E-state index contributed by atoms with van der Waals surface area (Å²) in [5.74, 6) is -0.180. The summed E-state index contributed by atoms with van der Waals surface area (Å²) >= 11 is 0. The van der Waals surface area contributed by atoms with Gasteiger partial charge in [0.2, 0.25) is 0 Å². The summed E-state index contributed by atoms with van der Waals surface area (Å²) in [6, 6.07) is 7.17. The quantitative estimate of drug-likeness (QED) is 0.348. The van der Waals surface area contributed by atoms with Crippen LogP contribution in [0.5, 0.6) is 5.75 Å². The molecule has 3 heteroatoms. The molecule has 1 aromatic carbocycles. The first kappa shape index (κ1) is 17.0. The van der Waals surface area contributed by atoms with Crippen LogP contribution in [0.15, 0.2) is 42.0 Å². The number of ether oxygens (including phenoxy) is 1. The van der Waals surface area contributed by atoms with Crippen LogP contribution in [0.25, 0.3) is 5.57 Å². The lowest BCUT2D eigenvalue weighted by molar-refractivity contribution is -0.134. The van der Waals surface area contributed by atoms with E-state index in [2.05, 4.69) is 11.7 Å². The van der Waals surface area contributed by atoms with E-state index in [0.717, 1.165) is 36.0 Å². The van der Waals surface area contributed by atoms with Gasteiger partial charge in [0.1, 0.15) is 5.75 Å². The molecule has 21 heavy (non-hydrogen) atoms. The number of esters is 1. The van der Waals surface area contributed by atoms with Gasteiger partial charge in [0.25, 0.3) is 0 Å². The predicted octanol–water partition coefficient (Wildman–Crippen LogP) is 4.48. The molecule has 1 N–H and O–H groups in total. The predicted molar refractivity (Wildman–Crippen MR) is 86.0 cm³/mol. The van der Waals surface area contributed by atoms with E-state index in [1.54, 1.807) is 18.2 Å². The largest absolute Gasteiger partial charge is 0.507 e. The summed E-state index contributed by atoms with van der Waals surface area (Å²) in [5.41, 5.74) is 2.78. The van der Waals surface area contributed by atoms with E-state index in [-0.39, 0.29) is 5.75 Å². The minimum atomic E-state index is -0.399. The van der Waals surface area contributed by atoms with Crippen LogP contribution >= 0.6 is 0 Å². The number of aromatic hydroxyl groups is 1. The van der Waals surface area contributed by atoms with Crippen LogP contribution in [-0.4, -0.2) is 18.2 Å². The van der Waals surface area contributed by atoms with Crippen LogP contribution in [0.2, 0.25) is 0 Å². The van der Waals surface area contributed by atoms with Crippen LogP contribution in [0, 0.1) is 0 Å². The fourth-order valence-electron chi connectivity index (χ4n) is 2.16. The summed E-state index contributed by atoms with van der Waals surface area (Å²) < 4.78 is 4.63. The summed E-state index contributed by atoms with van der Waals surface area (Å²) in [6.07, 6.45) is 7.51. The van der Waals surface area contributed by atoms with Gasteiger partial charge < -0.3 is 9.84 Å². The van der Waals surface area contributed by atoms with Gasteiger partial charge in [0, 0.05) is 11.6 Å². The average molecular weight is 288 g/mol. The highest BCUT2D eigenvalue weighted by atomic mass is 16.5. The van der Waals surface area contributed by atoms with E-state index in [1.807, 2.05) is 19.1 Å². The second-order valence-electron chi connectivity index (χ2n) is 5.02. The Balaban J connectivity index is 3.11. The smallest absolute Gasteiger partial charge is 0.330 e. The summed E-state index contributed by atoms with van der Waals surface area (Å²) in [7, 11) is 1.35. The molecule has 0 bridgehead atoms. The normalized spacial score (nSPS) is 12.3. The molecule has 0 aliphatic rings. The maximum Gasteiger partial charge on any atom is 0.330 e. The molecule has 0 atom stereocenters. The number of benzene rings is 1. The maximum absolute atomic E-state index is 11.3. The molecule has 1 rings (SSSR count). The minimum absolute atomic E-state index is 0.219. The van der Waals surface area contributed by atoms with Crippen LogP contribution < -0.4 is 0 Å². The van der Waals surface area contributed by atoms with E-state index < -0.39 is 5.97 Å². The second-order valence-corrected chi connectivity index (χ2v) is 5.02. The lowest BCUT2D eigenvalue weighted by Crippen LogP contribution is -1.95. The molecule has 0 spiro atoms. The Morgan fingerprint density at radius 1 is 1.24 bits per heavy atom. The first-order chi connectivity index (χ1) is 10.1. The third kappa shape index (κ3) is 5.46. The number of carbonyl (C=O) groups excluding carboxylic acids is 1. The van der Waals surface area contributed by atoms with Crippen LogP contribution in [0.4, 0.5) is 0 Å². The number of hydrogen-bond acceptors (Lipinski definition) is 3. The Kier molecular flexibility index (Phi) is 7.30. The van der Waals surface area contributed by atoms with Gasteiger partial charge in [-0.25, -0.2) is 4.79 Å². The van der Waals surface area contributed by atoms with Crippen molar-refractivity contribution in [2.24, 2.45) is 0 Å². The first-order valence-corrected chi connectivity index (χ1v) is 7.34. The standard InChI is InChI=1S/C18H24O3/c1-4-5-6-9-14(2)15(12-13-18(20)21-3)16-10-7-8-11-17(16)19/h7-8,10-13,19H,4-6,9H2,1-3H3/b13-12+,15-14+. The Morgan fingerprint density at radius 2 is 1.95 bits per heavy atom. The van der Waals surface area contributed by atoms with Crippen molar-refractivity contribution in [3.63, 3.8) is 0 Å². The molecule has 1 aromatic rings. The number of carbonyl (C=O) groups is 1. The molecule has 0 unspecified atom stereocenters. The molecular weight excluding hydrogens is 264 g/mol. The van der Waals surface area contributed by atoms with Gasteiger partial charge in [-0.2, -0.15) is 0 Å². The molecule has 0 radical (unpaired) electrons. The van der Waals surface area contributed by atoms with Crippen LogP contribution in [0.3, 0.4) is 0 Å². The van der Waals surface area contributed by atoms with Gasteiger partial charge in [-0.05, 0) is 37.5 Å². The number of rotatable bonds is 7. The molecule has 0 aromatic heterocycles. The molecule has 114 valence electrons. The highest BCUT2D eigenvalue weighted by Crippen LogP contribution is 2.30. The van der Waals surface area contributed by atoms with Gasteiger partial charge in [0.05, 0.1) is 7.11 Å². The van der Waals surface area contributed by atoms with Crippen molar-refractivity contribution < 1.29 is 14.6 Å². The number of para-hydroxylation sites is 1. The van der Waals surface area contributed by atoms with Gasteiger partial charge in [-0.15, -0.1) is 0 Å². The number of allylic oxidation sites excluding steroid dienone is 3. The molecular formula is C18H24O3. The lowest BCUT2D eigenvalue weighted by atomic mass is 9.96. The van der Waals surface area contributed by atoms with Gasteiger partial charge in [-0.3, -0.25) is 0 Å². The third-order valence-corrected chi connectivity index (χ3v) is 3.40. The van der Waals surface area contributed by atoms with Gasteiger partial charge in [-0.1, -0.05) is 43.5 Å². The number of unbranched alkanes of at least 4 members (excludes halogenated alkanes) is 2. The van der Waals surface area contributed by atoms with Crippen molar-refractivity contribution in [1.82, 2.24) is 0 Å². The third-order valence-electron chi connectivity index (χ3n) is 3.40. The molecule has 3 nitrogen and oxygen atoms in total. The average Bonchev–Trinajstić information content (AvgIpc) is 2.49. The molecule has 0 saturated heterocycles. The molecule has 0 saturated carbocycles. The van der Waals surface area contributed by atoms with E-state index in [0.29, 0.717) is 0 Å². The second kappa shape index (κ2) is 9.01. The van der Waals surface area contributed by atoms with Crippen molar-refractivity contribution in [2.75, 3.05) is 7.11 Å². The monoisotopic (exact) mass is 288 g/mol. The minimum Gasteiger partial charge on any atom is -0.507 e. The number of phenols is 1. The summed E-state index contributed by atoms with van der Waals surface area (Å²) in [6.45, 7) is 4.21. The zero-order valence-electron chi connectivity index (χ0n) is 13.1. The highest BCUT2D eigenvalue weighted by Gasteiger charge is 2.08. The highest BCUT2D eigenvalue weighted by molar-refractivity contribution is 5.88. The van der Waals surface area contributed by atoms with E-state index in [4.69, 9.17) is 0 Å². The Hall–Kier alpha value is -2.03. The number of phenolic OH excluding ortho intramolecular Hbond substituents is 1. The fraction of sp³-hybridized carbons (Fsp3) is 0.389. The molecule has 0 aliphatic carbocycles. The van der Waals surface area contributed by atoms with Gasteiger partial charge >= 0.3 is 5.97 Å². The lowest BCUT2D eigenvalue weighted by Gasteiger charge is -2.11. The molecule has 0 aliphatic heterocycles. The first-order valence-electron chi connectivity index (χ1n) is 7.34. The zero-order valence-corrected chi connectivity index (χ0v) is 13.1. The Morgan fingerprint density at radius 3 is 2.57 bits per heavy atom. The summed E-state index contributed by atoms with van der Waals surface area (Å²) in [4.78, 5) is 11.3. The van der Waals surface area contributed by atoms with Gasteiger partial charge in [0.15, 0.2) is 0 Å². The molecule has 0 fully saturated rings. The summed E-state index contributed by atoms with van der Waals surface area (Å²) in [5, 5.41) is 10.0. The van der Waals surface area contributed by atoms with Crippen LogP contribution in [-0.2, 0) is 9.53 Å². The maximum atomic E-state index is 11.3. The number of methoxy groups -OCH3 is 1. The van der Waals surface area contributed by atoms with Crippen molar-refractivity contribution >= 4 is 11.5 Å². The van der Waals surface area contributed by atoms with E-state index in [9.17, 15) is 9.90 Å². The van der Waals surface area contributed by atoms with Crippen molar-refractivity contribution in [3.05, 3.63) is 47.6 Å². The SMILES string of the molecule is CCCCC/C(C)=C(\C=C\C(=O)OC)c1ccccc1O. The molecule has 0 heterocycles. The van der Waals surface area contributed by atoms with Crippen molar-refractivity contribution in [1.29, 1.82) is 0 Å². The van der Waals surface area contributed by atoms with Crippen molar-refractivity contribution in [3.8, 4) is 5.75 Å². The van der Waals surface area contributed by atoms with Crippen LogP contribution in [0.1, 0.15) is 45.1 Å². The Labute approximate surface area is 127 Å².